The van der Waals surface area contributed by atoms with Gasteiger partial charge in [-0.2, -0.15) is 0 Å². The lowest BCUT2D eigenvalue weighted by Crippen LogP contribution is -2.50. The zero-order valence-corrected chi connectivity index (χ0v) is 32.3. The number of unbranched alkanes of at least 4 members (excludes halogenated alkanes) is 2. The van der Waals surface area contributed by atoms with Crippen molar-refractivity contribution in [3.63, 3.8) is 0 Å². The van der Waals surface area contributed by atoms with E-state index in [1.54, 1.807) is 5.57 Å². The molecule has 4 aliphatic rings. The van der Waals surface area contributed by atoms with Gasteiger partial charge in [0.25, 0.3) is 0 Å². The topological polar surface area (TPSA) is 52.6 Å². The van der Waals surface area contributed by atoms with Gasteiger partial charge in [-0.25, -0.2) is 0 Å². The number of terminal acetylenes is 1. The zero-order chi connectivity index (χ0) is 36.0. The Kier molecular flexibility index (Phi) is 18.4. The number of ether oxygens (including phenoxy) is 2. The minimum absolute atomic E-state index is 0. The summed E-state index contributed by atoms with van der Waals surface area (Å²) >= 11 is 0. The van der Waals surface area contributed by atoms with Gasteiger partial charge in [0.05, 0.1) is 0 Å². The van der Waals surface area contributed by atoms with E-state index in [1.165, 1.54) is 57.8 Å². The molecule has 0 N–H and O–H groups in total. The molecule has 0 heterocycles. The fraction of sp³-hybridized carbons (Fsp3) is 0.739. The SMILES string of the molecule is C.C#C.CC(C)C.CC(C)CCCC[C@H]1CCC2[C@@H]3CC=C4C[C@@H](OC(=O)CCCCC(=O)OCc5ccccc5)CC[C@]4(C)C3CC[C@@]21C. The molecule has 3 saturated carbocycles. The number of hydrogen-bond acceptors (Lipinski definition) is 4. The highest BCUT2D eigenvalue weighted by atomic mass is 16.5. The molecule has 282 valence electrons. The summed E-state index contributed by atoms with van der Waals surface area (Å²) < 4.78 is 11.4. The van der Waals surface area contributed by atoms with Gasteiger partial charge in [0.1, 0.15) is 12.7 Å². The van der Waals surface area contributed by atoms with Crippen LogP contribution in [0.4, 0.5) is 0 Å². The van der Waals surface area contributed by atoms with E-state index >= 15 is 0 Å². The van der Waals surface area contributed by atoms with Crippen molar-refractivity contribution in [2.24, 2.45) is 46.3 Å². The van der Waals surface area contributed by atoms with Gasteiger partial charge in [-0.15, -0.1) is 12.8 Å². The van der Waals surface area contributed by atoms with Gasteiger partial charge in [0, 0.05) is 19.3 Å². The predicted octanol–water partition coefficient (Wildman–Crippen LogP) is 12.5. The molecule has 0 saturated heterocycles. The second-order valence-corrected chi connectivity index (χ2v) is 17.2. The molecule has 0 aromatic heterocycles. The molecule has 0 radical (unpaired) electrons. The Balaban J connectivity index is 0.00000116. The van der Waals surface area contributed by atoms with Gasteiger partial charge in [0.15, 0.2) is 0 Å². The van der Waals surface area contributed by atoms with Crippen LogP contribution in [0.5, 0.6) is 0 Å². The van der Waals surface area contributed by atoms with Crippen molar-refractivity contribution >= 4 is 11.9 Å². The van der Waals surface area contributed by atoms with Gasteiger partial charge in [0.2, 0.25) is 0 Å². The highest BCUT2D eigenvalue weighted by molar-refractivity contribution is 5.70. The van der Waals surface area contributed by atoms with Crippen molar-refractivity contribution in [2.75, 3.05) is 0 Å². The second-order valence-electron chi connectivity index (χ2n) is 17.2. The normalized spacial score (nSPS) is 29.3. The van der Waals surface area contributed by atoms with Crippen molar-refractivity contribution in [1.29, 1.82) is 0 Å². The fourth-order valence-corrected chi connectivity index (χ4v) is 9.85. The van der Waals surface area contributed by atoms with Gasteiger partial charge in [-0.1, -0.05) is 117 Å². The van der Waals surface area contributed by atoms with Crippen LogP contribution in [-0.4, -0.2) is 18.0 Å². The Morgan fingerprint density at radius 3 is 2.16 bits per heavy atom. The Hall–Kier alpha value is -2.54. The summed E-state index contributed by atoms with van der Waals surface area (Å²) in [7, 11) is 0. The minimum atomic E-state index is -0.205. The molecule has 0 aliphatic heterocycles. The van der Waals surface area contributed by atoms with E-state index in [2.05, 4.69) is 67.4 Å². The van der Waals surface area contributed by atoms with E-state index in [4.69, 9.17) is 9.47 Å². The number of carbonyl (C=O) groups is 2. The van der Waals surface area contributed by atoms with Crippen LogP contribution >= 0.6 is 0 Å². The summed E-state index contributed by atoms with van der Waals surface area (Å²) in [5, 5.41) is 0. The standard InChI is InChI=1S/C39H58O4.C4H10.C2H2.CH4/c1-28(2)12-8-9-15-30-19-21-34-33-20-18-31-26-32(22-24-39(31,4)35(33)23-25-38(30,34)3)43-37(41)17-11-10-16-36(40)42-27-29-13-6-5-7-14-29;1-4(2)3;1-2;/h5-7,13-14,18,28,30,32-35H,8-12,15-17,19-27H2,1-4H3;4H,1-3H3;1-2H;1H4/t30-,32-,33-,34?,35?,38+,39-;;;/m0.../s1. The monoisotopic (exact) mass is 691 g/mol. The van der Waals surface area contributed by atoms with Crippen molar-refractivity contribution in [3.05, 3.63) is 47.5 Å². The number of hydrogen-bond donors (Lipinski definition) is 0. The highest BCUT2D eigenvalue weighted by Gasteiger charge is 2.58. The summed E-state index contributed by atoms with van der Waals surface area (Å²) in [4.78, 5) is 24.8. The molecular weight excluding hydrogens is 617 g/mol. The Bertz CT molecular complexity index is 1190. The quantitative estimate of drug-likeness (QED) is 0.0895. The van der Waals surface area contributed by atoms with E-state index < -0.39 is 0 Å². The lowest BCUT2D eigenvalue weighted by Gasteiger charge is -2.58. The third kappa shape index (κ3) is 12.0. The summed E-state index contributed by atoms with van der Waals surface area (Å²) in [6, 6.07) is 9.72. The maximum absolute atomic E-state index is 12.7. The molecule has 0 amide bonds. The Labute approximate surface area is 308 Å². The largest absolute Gasteiger partial charge is 0.462 e. The van der Waals surface area contributed by atoms with Crippen LogP contribution in [0.15, 0.2) is 42.0 Å². The molecule has 7 atom stereocenters. The highest BCUT2D eigenvalue weighted by Crippen LogP contribution is 2.66. The molecular formula is C46H74O4. The van der Waals surface area contributed by atoms with E-state index in [9.17, 15) is 9.59 Å². The Morgan fingerprint density at radius 1 is 0.840 bits per heavy atom. The summed E-state index contributed by atoms with van der Waals surface area (Å²) in [5.74, 6) is 4.80. The van der Waals surface area contributed by atoms with E-state index in [0.717, 1.165) is 60.3 Å². The van der Waals surface area contributed by atoms with Gasteiger partial charge in [-0.05, 0) is 116 Å². The third-order valence-corrected chi connectivity index (χ3v) is 12.4. The van der Waals surface area contributed by atoms with Crippen LogP contribution in [0.1, 0.15) is 164 Å². The van der Waals surface area contributed by atoms with Crippen molar-refractivity contribution in [3.8, 4) is 12.8 Å². The summed E-state index contributed by atoms with van der Waals surface area (Å²) in [6.07, 6.45) is 28.2. The Morgan fingerprint density at radius 2 is 1.50 bits per heavy atom. The first-order chi connectivity index (χ1) is 23.4. The maximum Gasteiger partial charge on any atom is 0.306 e. The first kappa shape index (κ1) is 43.6. The lowest BCUT2D eigenvalue weighted by atomic mass is 9.47. The smallest absolute Gasteiger partial charge is 0.306 e. The number of benzene rings is 1. The molecule has 4 heteroatoms. The number of rotatable bonds is 13. The molecule has 5 rings (SSSR count). The first-order valence-electron chi connectivity index (χ1n) is 19.8. The second kappa shape index (κ2) is 21.1. The molecule has 1 aromatic carbocycles. The van der Waals surface area contributed by atoms with E-state index in [-0.39, 0.29) is 30.9 Å². The van der Waals surface area contributed by atoms with Crippen LogP contribution in [0.2, 0.25) is 0 Å². The van der Waals surface area contributed by atoms with Crippen molar-refractivity contribution in [2.45, 2.75) is 171 Å². The molecule has 2 unspecified atom stereocenters. The molecule has 50 heavy (non-hydrogen) atoms. The number of carbonyl (C=O) groups excluding carboxylic acids is 2. The summed E-state index contributed by atoms with van der Waals surface area (Å²) in [6.45, 7) is 16.7. The molecule has 4 aliphatic carbocycles. The van der Waals surface area contributed by atoms with Crippen LogP contribution in [0.3, 0.4) is 0 Å². The number of esters is 2. The van der Waals surface area contributed by atoms with Crippen molar-refractivity contribution in [1.82, 2.24) is 0 Å². The molecule has 0 bridgehead atoms. The number of fused-ring (bicyclic) bond motifs is 5. The molecule has 0 spiro atoms. The molecule has 3 fully saturated rings. The van der Waals surface area contributed by atoms with E-state index in [0.29, 0.717) is 37.7 Å². The average Bonchev–Trinajstić information content (AvgIpc) is 3.41. The van der Waals surface area contributed by atoms with Gasteiger partial charge < -0.3 is 9.47 Å². The zero-order valence-electron chi connectivity index (χ0n) is 32.3. The first-order valence-corrected chi connectivity index (χ1v) is 19.8. The fourth-order valence-electron chi connectivity index (χ4n) is 9.85. The lowest BCUT2D eigenvalue weighted by molar-refractivity contribution is -0.152. The minimum Gasteiger partial charge on any atom is -0.462 e. The molecule has 4 nitrogen and oxygen atoms in total. The van der Waals surface area contributed by atoms with Crippen LogP contribution < -0.4 is 0 Å². The van der Waals surface area contributed by atoms with Gasteiger partial charge >= 0.3 is 11.9 Å². The van der Waals surface area contributed by atoms with E-state index in [1.807, 2.05) is 30.3 Å². The number of allylic oxidation sites excluding steroid dienone is 1. The predicted molar refractivity (Wildman–Crippen MR) is 210 cm³/mol. The van der Waals surface area contributed by atoms with Crippen molar-refractivity contribution < 1.29 is 19.1 Å². The summed E-state index contributed by atoms with van der Waals surface area (Å²) in [5.41, 5.74) is 3.39. The van der Waals surface area contributed by atoms with Crippen LogP contribution in [0, 0.1) is 59.2 Å². The van der Waals surface area contributed by atoms with Gasteiger partial charge in [-0.3, -0.25) is 9.59 Å². The third-order valence-electron chi connectivity index (χ3n) is 12.4. The van der Waals surface area contributed by atoms with Crippen LogP contribution in [-0.2, 0) is 25.7 Å². The average molecular weight is 691 g/mol. The van der Waals surface area contributed by atoms with Crippen LogP contribution in [0.25, 0.3) is 0 Å². The maximum atomic E-state index is 12.7. The molecule has 1 aromatic rings.